The Hall–Kier alpha value is -0.170. The first-order chi connectivity index (χ1) is 7.32. The summed E-state index contributed by atoms with van der Waals surface area (Å²) in [5.74, 6) is 0. The molecule has 0 saturated heterocycles. The van der Waals surface area contributed by atoms with Crippen LogP contribution < -0.4 is 5.32 Å². The van der Waals surface area contributed by atoms with Crippen molar-refractivity contribution < 1.29 is 8.42 Å². The van der Waals surface area contributed by atoms with Gasteiger partial charge in [-0.2, -0.15) is 0 Å². The van der Waals surface area contributed by atoms with Crippen LogP contribution in [-0.2, 0) is 10.0 Å². The van der Waals surface area contributed by atoms with Gasteiger partial charge >= 0.3 is 0 Å². The van der Waals surface area contributed by atoms with E-state index in [-0.39, 0.29) is 5.25 Å². The average molecular weight is 251 g/mol. The van der Waals surface area contributed by atoms with Gasteiger partial charge in [0.05, 0.1) is 5.25 Å². The fraction of sp³-hybridized carbons (Fsp3) is 1.00. The van der Waals surface area contributed by atoms with E-state index in [0.717, 1.165) is 13.1 Å². The van der Waals surface area contributed by atoms with E-state index in [4.69, 9.17) is 0 Å². The molecule has 0 spiro atoms. The quantitative estimate of drug-likeness (QED) is 0.649. The van der Waals surface area contributed by atoms with Gasteiger partial charge in [0.2, 0.25) is 10.0 Å². The van der Waals surface area contributed by atoms with E-state index < -0.39 is 10.0 Å². The van der Waals surface area contributed by atoms with E-state index in [0.29, 0.717) is 13.1 Å². The van der Waals surface area contributed by atoms with Crippen LogP contribution in [-0.4, -0.2) is 70.2 Å². The zero-order chi connectivity index (χ0) is 12.8. The Labute approximate surface area is 99.9 Å². The van der Waals surface area contributed by atoms with Gasteiger partial charge in [-0.3, -0.25) is 0 Å². The van der Waals surface area contributed by atoms with Gasteiger partial charge in [0, 0.05) is 26.7 Å². The molecule has 1 atom stereocenters. The highest BCUT2D eigenvalue weighted by Crippen LogP contribution is 2.05. The molecule has 0 fully saturated rings. The number of rotatable bonds is 8. The molecule has 1 N–H and O–H groups in total. The van der Waals surface area contributed by atoms with Crippen molar-refractivity contribution in [2.75, 3.05) is 47.3 Å². The Kier molecular flexibility index (Phi) is 7.14. The van der Waals surface area contributed by atoms with E-state index >= 15 is 0 Å². The van der Waals surface area contributed by atoms with Gasteiger partial charge < -0.3 is 10.2 Å². The third kappa shape index (κ3) is 5.25. The zero-order valence-electron chi connectivity index (χ0n) is 11.0. The predicted octanol–water partition coefficient (Wildman–Crippen LogP) is -0.192. The molecule has 0 aromatic rings. The molecule has 0 bridgehead atoms. The summed E-state index contributed by atoms with van der Waals surface area (Å²) in [4.78, 5) is 1.97. The van der Waals surface area contributed by atoms with Crippen molar-refractivity contribution in [2.24, 2.45) is 0 Å². The van der Waals surface area contributed by atoms with Gasteiger partial charge in [-0.25, -0.2) is 12.7 Å². The Balaban J connectivity index is 4.29. The first kappa shape index (κ1) is 15.8. The van der Waals surface area contributed by atoms with E-state index in [1.54, 1.807) is 14.0 Å². The normalized spacial score (nSPS) is 14.7. The molecule has 0 radical (unpaired) electrons. The SMILES string of the molecule is CCNCC(C)S(=O)(=O)N(C)CCN(C)C. The molecular formula is C10H25N3O2S. The van der Waals surface area contributed by atoms with Gasteiger partial charge in [0.25, 0.3) is 0 Å². The minimum Gasteiger partial charge on any atom is -0.316 e. The maximum absolute atomic E-state index is 12.0. The van der Waals surface area contributed by atoms with Crippen molar-refractivity contribution in [3.8, 4) is 0 Å². The maximum Gasteiger partial charge on any atom is 0.217 e. The second-order valence-corrected chi connectivity index (χ2v) is 6.75. The van der Waals surface area contributed by atoms with Crippen LogP contribution in [0.25, 0.3) is 0 Å². The highest BCUT2D eigenvalue weighted by atomic mass is 32.2. The van der Waals surface area contributed by atoms with Gasteiger partial charge in [-0.1, -0.05) is 6.92 Å². The van der Waals surface area contributed by atoms with Crippen LogP contribution in [0.5, 0.6) is 0 Å². The van der Waals surface area contributed by atoms with Crippen LogP contribution in [0, 0.1) is 0 Å². The van der Waals surface area contributed by atoms with Crippen molar-refractivity contribution in [3.63, 3.8) is 0 Å². The standard InChI is InChI=1S/C10H25N3O2S/c1-6-11-9-10(2)16(14,15)13(5)8-7-12(3)4/h10-11H,6-9H2,1-5H3. The molecule has 0 aliphatic carbocycles. The topological polar surface area (TPSA) is 52.7 Å². The summed E-state index contributed by atoms with van der Waals surface area (Å²) in [6.45, 7) is 6.28. The van der Waals surface area contributed by atoms with Crippen LogP contribution in [0.3, 0.4) is 0 Å². The Morgan fingerprint density at radius 2 is 1.75 bits per heavy atom. The fourth-order valence-electron chi connectivity index (χ4n) is 1.23. The van der Waals surface area contributed by atoms with Gasteiger partial charge in [0.1, 0.15) is 0 Å². The Morgan fingerprint density at radius 3 is 2.19 bits per heavy atom. The second kappa shape index (κ2) is 7.21. The van der Waals surface area contributed by atoms with E-state index in [9.17, 15) is 8.42 Å². The summed E-state index contributed by atoms with van der Waals surface area (Å²) >= 11 is 0. The molecular weight excluding hydrogens is 226 g/mol. The number of hydrogen-bond donors (Lipinski definition) is 1. The third-order valence-electron chi connectivity index (χ3n) is 2.49. The minimum absolute atomic E-state index is 0.375. The Bertz CT molecular complexity index is 278. The summed E-state index contributed by atoms with van der Waals surface area (Å²) < 4.78 is 25.5. The van der Waals surface area contributed by atoms with E-state index in [2.05, 4.69) is 5.32 Å². The van der Waals surface area contributed by atoms with Crippen LogP contribution in [0.4, 0.5) is 0 Å². The second-order valence-electron chi connectivity index (χ2n) is 4.29. The minimum atomic E-state index is -3.16. The lowest BCUT2D eigenvalue weighted by molar-refractivity contribution is 0.356. The molecule has 0 aliphatic heterocycles. The summed E-state index contributed by atoms with van der Waals surface area (Å²) in [5, 5.41) is 2.68. The molecule has 16 heavy (non-hydrogen) atoms. The van der Waals surface area contributed by atoms with Crippen LogP contribution in [0.15, 0.2) is 0 Å². The fourth-order valence-corrected chi connectivity index (χ4v) is 2.51. The van der Waals surface area contributed by atoms with Gasteiger partial charge in [0.15, 0.2) is 0 Å². The lowest BCUT2D eigenvalue weighted by atomic mass is 10.5. The van der Waals surface area contributed by atoms with Crippen molar-refractivity contribution in [1.29, 1.82) is 0 Å². The summed E-state index contributed by atoms with van der Waals surface area (Å²) in [6.07, 6.45) is 0. The van der Waals surface area contributed by atoms with Crippen molar-refractivity contribution in [1.82, 2.24) is 14.5 Å². The molecule has 6 heteroatoms. The van der Waals surface area contributed by atoms with Crippen LogP contribution >= 0.6 is 0 Å². The van der Waals surface area contributed by atoms with E-state index in [1.807, 2.05) is 25.9 Å². The summed E-state index contributed by atoms with van der Waals surface area (Å²) in [7, 11) is 2.34. The number of nitrogens with zero attached hydrogens (tertiary/aromatic N) is 2. The highest BCUT2D eigenvalue weighted by Gasteiger charge is 2.24. The van der Waals surface area contributed by atoms with Crippen molar-refractivity contribution in [3.05, 3.63) is 0 Å². The molecule has 0 heterocycles. The third-order valence-corrected chi connectivity index (χ3v) is 4.72. The molecule has 0 aromatic carbocycles. The zero-order valence-corrected chi connectivity index (χ0v) is 11.8. The predicted molar refractivity (Wildman–Crippen MR) is 68.1 cm³/mol. The lowest BCUT2D eigenvalue weighted by Gasteiger charge is -2.23. The molecule has 0 aromatic heterocycles. The number of nitrogens with one attached hydrogen (secondary N) is 1. The highest BCUT2D eigenvalue weighted by molar-refractivity contribution is 7.89. The first-order valence-corrected chi connectivity index (χ1v) is 7.13. The Morgan fingerprint density at radius 1 is 1.19 bits per heavy atom. The molecule has 0 aliphatic rings. The summed E-state index contributed by atoms with van der Waals surface area (Å²) in [6, 6.07) is 0. The largest absolute Gasteiger partial charge is 0.316 e. The lowest BCUT2D eigenvalue weighted by Crippen LogP contribution is -2.42. The average Bonchev–Trinajstić information content (AvgIpc) is 2.21. The number of likely N-dealkylation sites (N-methyl/N-ethyl adjacent to an activating group) is 2. The smallest absolute Gasteiger partial charge is 0.217 e. The first-order valence-electron chi connectivity index (χ1n) is 5.63. The monoisotopic (exact) mass is 251 g/mol. The maximum atomic E-state index is 12.0. The van der Waals surface area contributed by atoms with Crippen molar-refractivity contribution in [2.45, 2.75) is 19.1 Å². The molecule has 5 nitrogen and oxygen atoms in total. The van der Waals surface area contributed by atoms with Gasteiger partial charge in [-0.05, 0) is 27.6 Å². The molecule has 0 rings (SSSR count). The number of hydrogen-bond acceptors (Lipinski definition) is 4. The summed E-state index contributed by atoms with van der Waals surface area (Å²) in [5.41, 5.74) is 0. The molecule has 1 unspecified atom stereocenters. The van der Waals surface area contributed by atoms with Crippen molar-refractivity contribution >= 4 is 10.0 Å². The molecule has 0 saturated carbocycles. The van der Waals surface area contributed by atoms with E-state index in [1.165, 1.54) is 4.31 Å². The molecule has 98 valence electrons. The number of sulfonamides is 1. The van der Waals surface area contributed by atoms with Crippen LogP contribution in [0.1, 0.15) is 13.8 Å². The van der Waals surface area contributed by atoms with Gasteiger partial charge in [-0.15, -0.1) is 0 Å². The van der Waals surface area contributed by atoms with Crippen LogP contribution in [0.2, 0.25) is 0 Å². The molecule has 0 amide bonds.